The molecule has 2 aromatic carbocycles. The van der Waals surface area contributed by atoms with Gasteiger partial charge in [-0.15, -0.1) is 0 Å². The molecule has 2 fully saturated rings. The number of methoxy groups -OCH3 is 1. The average molecular weight is 518 g/mol. The van der Waals surface area contributed by atoms with Gasteiger partial charge in [0.25, 0.3) is 0 Å². The predicted octanol–water partition coefficient (Wildman–Crippen LogP) is 4.13. The Hall–Kier alpha value is -3.02. The third kappa shape index (κ3) is 4.28. The quantitative estimate of drug-likeness (QED) is 0.506. The number of hydrogen-bond acceptors (Lipinski definition) is 7. The normalized spacial score (nSPS) is 17.5. The Labute approximate surface area is 206 Å². The number of carbonyl (C=O) groups excluding carboxylic acids is 1. The Kier molecular flexibility index (Phi) is 5.81. The molecule has 184 valence electrons. The summed E-state index contributed by atoms with van der Waals surface area (Å²) in [7, 11) is -1.92. The number of aromatic nitrogens is 1. The number of nitrogens with zero attached hydrogens (tertiary/aromatic N) is 3. The molecule has 1 aromatic heterocycles. The molecular weight excluding hydrogens is 493 g/mol. The van der Waals surface area contributed by atoms with E-state index in [1.54, 1.807) is 22.8 Å². The van der Waals surface area contributed by atoms with Crippen molar-refractivity contribution >= 4 is 38.0 Å². The van der Waals surface area contributed by atoms with Gasteiger partial charge in [-0.1, -0.05) is 23.5 Å². The molecular formula is C24H24FN3O5S2. The topological polar surface area (TPSA) is 89.0 Å². The Balaban J connectivity index is 1.49. The number of urea groups is 1. The first-order chi connectivity index (χ1) is 16.6. The molecule has 3 heterocycles. The van der Waals surface area contributed by atoms with Gasteiger partial charge in [0.15, 0.2) is 15.0 Å². The van der Waals surface area contributed by atoms with E-state index in [4.69, 9.17) is 9.47 Å². The number of ether oxygens (including phenoxy) is 2. The fraction of sp³-hybridized carbons (Fsp3) is 0.333. The lowest BCUT2D eigenvalue weighted by Gasteiger charge is -2.51. The van der Waals surface area contributed by atoms with E-state index in [1.165, 1.54) is 19.2 Å². The first-order valence-electron chi connectivity index (χ1n) is 10.9. The summed E-state index contributed by atoms with van der Waals surface area (Å²) in [6, 6.07) is 11.3. The maximum absolute atomic E-state index is 13.9. The number of amides is 2. The van der Waals surface area contributed by atoms with Crippen LogP contribution in [0.25, 0.3) is 11.1 Å². The number of anilines is 2. The highest BCUT2D eigenvalue weighted by atomic mass is 32.2. The highest BCUT2D eigenvalue weighted by molar-refractivity contribution is 7.92. The lowest BCUT2D eigenvalue weighted by Crippen LogP contribution is -2.65. The second kappa shape index (κ2) is 8.58. The summed E-state index contributed by atoms with van der Waals surface area (Å²) in [6.45, 7) is 3.49. The van der Waals surface area contributed by atoms with Crippen molar-refractivity contribution in [2.45, 2.75) is 11.1 Å². The summed E-state index contributed by atoms with van der Waals surface area (Å²) >= 11 is 1.00. The molecule has 3 aromatic rings. The van der Waals surface area contributed by atoms with Gasteiger partial charge in [-0.25, -0.2) is 22.6 Å². The Morgan fingerprint density at radius 2 is 1.80 bits per heavy atom. The minimum atomic E-state index is -3.45. The summed E-state index contributed by atoms with van der Waals surface area (Å²) in [5.41, 5.74) is 2.14. The van der Waals surface area contributed by atoms with Gasteiger partial charge in [0.2, 0.25) is 0 Å². The standard InChI is InChI=1S/C24H24FN3O5S2/c1-15-21(35(3,30)31)34-22(26-15)28-12-24(13-33-14-24)11-27(23(28)29)18-7-4-16(5-8-18)19-10-17(25)6-9-20(19)32-2/h4-10H,11-14H2,1-3H3. The van der Waals surface area contributed by atoms with Gasteiger partial charge >= 0.3 is 6.03 Å². The molecule has 8 nitrogen and oxygen atoms in total. The van der Waals surface area contributed by atoms with Crippen LogP contribution in [-0.4, -0.2) is 59.1 Å². The van der Waals surface area contributed by atoms with Crippen molar-refractivity contribution in [2.75, 3.05) is 49.5 Å². The molecule has 2 aliphatic heterocycles. The van der Waals surface area contributed by atoms with Crippen LogP contribution in [0.2, 0.25) is 0 Å². The smallest absolute Gasteiger partial charge is 0.330 e. The van der Waals surface area contributed by atoms with Crippen molar-refractivity contribution in [3.63, 3.8) is 0 Å². The van der Waals surface area contributed by atoms with E-state index in [0.29, 0.717) is 54.1 Å². The minimum Gasteiger partial charge on any atom is -0.496 e. The molecule has 0 saturated carbocycles. The molecule has 0 bridgehead atoms. The van der Waals surface area contributed by atoms with Crippen molar-refractivity contribution in [3.8, 4) is 16.9 Å². The third-order valence-electron chi connectivity index (χ3n) is 6.23. The fourth-order valence-electron chi connectivity index (χ4n) is 4.48. The minimum absolute atomic E-state index is 0.157. The summed E-state index contributed by atoms with van der Waals surface area (Å²) in [5.74, 6) is 0.177. The highest BCUT2D eigenvalue weighted by Crippen LogP contribution is 2.41. The SMILES string of the molecule is COc1ccc(F)cc1-c1ccc(N2CC3(COC3)CN(c3nc(C)c(S(C)(=O)=O)s3)C2=O)cc1. The van der Waals surface area contributed by atoms with Crippen LogP contribution in [0.4, 0.5) is 20.0 Å². The van der Waals surface area contributed by atoms with Crippen LogP contribution in [-0.2, 0) is 14.6 Å². The number of rotatable bonds is 5. The maximum atomic E-state index is 13.9. The van der Waals surface area contributed by atoms with Crippen LogP contribution >= 0.6 is 11.3 Å². The summed E-state index contributed by atoms with van der Waals surface area (Å²) in [4.78, 5) is 21.2. The lowest BCUT2D eigenvalue weighted by atomic mass is 9.83. The lowest BCUT2D eigenvalue weighted by molar-refractivity contribution is -0.103. The number of carbonyl (C=O) groups is 1. The second-order valence-electron chi connectivity index (χ2n) is 8.98. The molecule has 0 atom stereocenters. The molecule has 0 aliphatic carbocycles. The van der Waals surface area contributed by atoms with Crippen molar-refractivity contribution in [1.82, 2.24) is 4.98 Å². The van der Waals surface area contributed by atoms with Crippen molar-refractivity contribution in [3.05, 3.63) is 54.0 Å². The van der Waals surface area contributed by atoms with Gasteiger partial charge in [-0.2, -0.15) is 0 Å². The number of thiazole rings is 1. The number of hydrogen-bond donors (Lipinski definition) is 0. The molecule has 0 radical (unpaired) electrons. The van der Waals surface area contributed by atoms with E-state index >= 15 is 0 Å². The van der Waals surface area contributed by atoms with Gasteiger partial charge in [0, 0.05) is 30.6 Å². The molecule has 1 spiro atoms. The molecule has 11 heteroatoms. The molecule has 2 amide bonds. The van der Waals surface area contributed by atoms with Crippen molar-refractivity contribution in [1.29, 1.82) is 0 Å². The van der Waals surface area contributed by atoms with Crippen LogP contribution in [0.3, 0.4) is 0 Å². The Morgan fingerprint density at radius 1 is 1.11 bits per heavy atom. The zero-order valence-electron chi connectivity index (χ0n) is 19.4. The van der Waals surface area contributed by atoms with Gasteiger partial charge in [-0.3, -0.25) is 9.80 Å². The summed E-state index contributed by atoms with van der Waals surface area (Å²) in [6.07, 6.45) is 1.14. The first kappa shape index (κ1) is 23.7. The molecule has 5 rings (SSSR count). The van der Waals surface area contributed by atoms with E-state index < -0.39 is 9.84 Å². The Bertz CT molecular complexity index is 1400. The van der Waals surface area contributed by atoms with Crippen LogP contribution in [0.5, 0.6) is 5.75 Å². The number of halogens is 1. The van der Waals surface area contributed by atoms with Crippen molar-refractivity contribution in [2.24, 2.45) is 5.41 Å². The first-order valence-corrected chi connectivity index (χ1v) is 13.6. The largest absolute Gasteiger partial charge is 0.496 e. The van der Waals surface area contributed by atoms with Crippen LogP contribution in [0, 0.1) is 18.2 Å². The van der Waals surface area contributed by atoms with E-state index in [2.05, 4.69) is 4.98 Å². The zero-order chi connectivity index (χ0) is 25.0. The predicted molar refractivity (Wildman–Crippen MR) is 132 cm³/mol. The van der Waals surface area contributed by atoms with Gasteiger partial charge in [0.1, 0.15) is 15.8 Å². The summed E-state index contributed by atoms with van der Waals surface area (Å²) in [5, 5.41) is 0.352. The van der Waals surface area contributed by atoms with E-state index in [9.17, 15) is 17.6 Å². The molecule has 2 aliphatic rings. The number of aryl methyl sites for hydroxylation is 1. The fourth-order valence-corrected chi connectivity index (χ4v) is 6.69. The van der Waals surface area contributed by atoms with Crippen molar-refractivity contribution < 1.29 is 27.1 Å². The zero-order valence-corrected chi connectivity index (χ0v) is 21.1. The molecule has 0 unspecified atom stereocenters. The molecule has 35 heavy (non-hydrogen) atoms. The van der Waals surface area contributed by atoms with E-state index in [-0.39, 0.29) is 21.5 Å². The Morgan fingerprint density at radius 3 is 2.37 bits per heavy atom. The van der Waals surface area contributed by atoms with Crippen LogP contribution in [0.1, 0.15) is 5.69 Å². The highest BCUT2D eigenvalue weighted by Gasteiger charge is 2.49. The van der Waals surface area contributed by atoms with Crippen LogP contribution in [0.15, 0.2) is 46.7 Å². The van der Waals surface area contributed by atoms with E-state index in [1.807, 2.05) is 24.3 Å². The maximum Gasteiger partial charge on any atom is 0.330 e. The van der Waals surface area contributed by atoms with Gasteiger partial charge < -0.3 is 9.47 Å². The molecule has 2 saturated heterocycles. The number of sulfone groups is 1. The summed E-state index contributed by atoms with van der Waals surface area (Å²) < 4.78 is 49.1. The second-order valence-corrected chi connectivity index (χ2v) is 12.2. The van der Waals surface area contributed by atoms with Gasteiger partial charge in [-0.05, 0) is 42.8 Å². The van der Waals surface area contributed by atoms with Crippen LogP contribution < -0.4 is 14.5 Å². The monoisotopic (exact) mass is 517 g/mol. The third-order valence-corrected chi connectivity index (χ3v) is 9.33. The average Bonchev–Trinajstić information content (AvgIpc) is 3.20. The van der Waals surface area contributed by atoms with E-state index in [0.717, 1.165) is 23.2 Å². The number of benzene rings is 2. The molecule has 0 N–H and O–H groups in total. The van der Waals surface area contributed by atoms with Gasteiger partial charge in [0.05, 0.1) is 31.4 Å².